The molecule has 2 nitrogen and oxygen atoms in total. The summed E-state index contributed by atoms with van der Waals surface area (Å²) in [4.78, 5) is 0. The molecular formula is C12H19NO. The first kappa shape index (κ1) is 11.1. The predicted octanol–water partition coefficient (Wildman–Crippen LogP) is 2.53. The van der Waals surface area contributed by atoms with Crippen LogP contribution in [0.1, 0.15) is 26.3 Å². The lowest BCUT2D eigenvalue weighted by atomic mass is 9.97. The molecule has 0 fully saturated rings. The second-order valence-electron chi connectivity index (χ2n) is 4.83. The third kappa shape index (κ3) is 4.28. The molecule has 0 radical (unpaired) electrons. The summed E-state index contributed by atoms with van der Waals surface area (Å²) in [6.45, 7) is 8.38. The van der Waals surface area contributed by atoms with Crippen LogP contribution in [-0.2, 0) is 6.54 Å². The van der Waals surface area contributed by atoms with Gasteiger partial charge in [-0.3, -0.25) is 0 Å². The van der Waals surface area contributed by atoms with Crippen LogP contribution in [0, 0.1) is 5.41 Å². The van der Waals surface area contributed by atoms with Crippen LogP contribution in [0.25, 0.3) is 0 Å². The van der Waals surface area contributed by atoms with Crippen molar-refractivity contribution in [2.75, 3.05) is 6.54 Å². The lowest BCUT2D eigenvalue weighted by Gasteiger charge is -2.18. The average Bonchev–Trinajstić information content (AvgIpc) is 2.01. The van der Waals surface area contributed by atoms with Gasteiger partial charge in [0.25, 0.3) is 0 Å². The highest BCUT2D eigenvalue weighted by Gasteiger charge is 2.08. The molecule has 0 unspecified atom stereocenters. The van der Waals surface area contributed by atoms with E-state index in [-0.39, 0.29) is 0 Å². The number of hydrogen-bond acceptors (Lipinski definition) is 2. The lowest BCUT2D eigenvalue weighted by Crippen LogP contribution is -2.26. The summed E-state index contributed by atoms with van der Waals surface area (Å²) in [5.41, 5.74) is 1.42. The number of aromatic hydroxyl groups is 1. The fraction of sp³-hybridized carbons (Fsp3) is 0.500. The zero-order valence-corrected chi connectivity index (χ0v) is 9.17. The predicted molar refractivity (Wildman–Crippen MR) is 59.3 cm³/mol. The van der Waals surface area contributed by atoms with Crippen LogP contribution in [0.3, 0.4) is 0 Å². The Morgan fingerprint density at radius 3 is 2.57 bits per heavy atom. The number of hydrogen-bond donors (Lipinski definition) is 2. The molecule has 0 aliphatic rings. The van der Waals surface area contributed by atoms with Crippen molar-refractivity contribution in [1.29, 1.82) is 0 Å². The number of rotatable bonds is 3. The number of phenolic OH excluding ortho intramolecular Hbond substituents is 1. The van der Waals surface area contributed by atoms with Crippen molar-refractivity contribution >= 4 is 0 Å². The Labute approximate surface area is 86.0 Å². The molecule has 0 heterocycles. The molecule has 1 rings (SSSR count). The summed E-state index contributed by atoms with van der Waals surface area (Å²) in [5.74, 6) is 0.333. The Hall–Kier alpha value is -1.02. The Balaban J connectivity index is 2.39. The van der Waals surface area contributed by atoms with Crippen LogP contribution in [0.2, 0.25) is 0 Å². The van der Waals surface area contributed by atoms with Gasteiger partial charge in [0, 0.05) is 13.1 Å². The Bertz CT molecular complexity index is 289. The average molecular weight is 193 g/mol. The quantitative estimate of drug-likeness (QED) is 0.773. The van der Waals surface area contributed by atoms with Gasteiger partial charge in [0.15, 0.2) is 0 Å². The largest absolute Gasteiger partial charge is 0.508 e. The minimum absolute atomic E-state index is 0.302. The molecule has 1 aromatic carbocycles. The molecule has 0 aliphatic heterocycles. The third-order valence-corrected chi connectivity index (χ3v) is 1.90. The molecule has 0 aromatic heterocycles. The van der Waals surface area contributed by atoms with E-state index in [0.29, 0.717) is 11.2 Å². The smallest absolute Gasteiger partial charge is 0.115 e. The van der Waals surface area contributed by atoms with Gasteiger partial charge < -0.3 is 10.4 Å². The monoisotopic (exact) mass is 193 g/mol. The minimum atomic E-state index is 0.302. The molecule has 14 heavy (non-hydrogen) atoms. The lowest BCUT2D eigenvalue weighted by molar-refractivity contribution is 0.379. The highest BCUT2D eigenvalue weighted by atomic mass is 16.3. The van der Waals surface area contributed by atoms with Crippen LogP contribution in [0.15, 0.2) is 24.3 Å². The summed E-state index contributed by atoms with van der Waals surface area (Å²) in [5, 5.41) is 12.6. The molecule has 0 saturated heterocycles. The number of phenols is 1. The van der Waals surface area contributed by atoms with Gasteiger partial charge in [0.2, 0.25) is 0 Å². The second-order valence-corrected chi connectivity index (χ2v) is 4.83. The topological polar surface area (TPSA) is 32.3 Å². The molecule has 0 aliphatic carbocycles. The van der Waals surface area contributed by atoms with Crippen molar-refractivity contribution in [3.05, 3.63) is 29.8 Å². The maximum absolute atomic E-state index is 9.24. The van der Waals surface area contributed by atoms with Crippen LogP contribution >= 0.6 is 0 Å². The fourth-order valence-corrected chi connectivity index (χ4v) is 1.25. The van der Waals surface area contributed by atoms with Gasteiger partial charge in [-0.25, -0.2) is 0 Å². The minimum Gasteiger partial charge on any atom is -0.508 e. The summed E-state index contributed by atoms with van der Waals surface area (Å²) in [6.07, 6.45) is 0. The van der Waals surface area contributed by atoms with E-state index in [2.05, 4.69) is 26.1 Å². The van der Waals surface area contributed by atoms with E-state index >= 15 is 0 Å². The van der Waals surface area contributed by atoms with Gasteiger partial charge in [-0.2, -0.15) is 0 Å². The van der Waals surface area contributed by atoms with Gasteiger partial charge in [-0.05, 0) is 23.1 Å². The molecule has 0 spiro atoms. The zero-order valence-electron chi connectivity index (χ0n) is 9.17. The molecular weight excluding hydrogens is 174 g/mol. The van der Waals surface area contributed by atoms with Crippen LogP contribution in [0.4, 0.5) is 0 Å². The molecule has 0 bridgehead atoms. The standard InChI is InChI=1S/C12H19NO/c1-12(2,3)9-13-8-10-5-4-6-11(14)7-10/h4-7,13-14H,8-9H2,1-3H3. The zero-order chi connectivity index (χ0) is 10.6. The Kier molecular flexibility index (Phi) is 3.53. The summed E-state index contributed by atoms with van der Waals surface area (Å²) in [7, 11) is 0. The van der Waals surface area contributed by atoms with E-state index in [9.17, 15) is 5.11 Å². The van der Waals surface area contributed by atoms with E-state index in [0.717, 1.165) is 18.7 Å². The summed E-state index contributed by atoms with van der Waals surface area (Å²) >= 11 is 0. The van der Waals surface area contributed by atoms with Crippen LogP contribution < -0.4 is 5.32 Å². The highest BCUT2D eigenvalue weighted by molar-refractivity contribution is 5.26. The normalized spacial score (nSPS) is 11.6. The molecule has 2 N–H and O–H groups in total. The van der Waals surface area contributed by atoms with Gasteiger partial charge in [0.05, 0.1) is 0 Å². The first-order valence-electron chi connectivity index (χ1n) is 4.96. The number of benzene rings is 1. The second kappa shape index (κ2) is 4.47. The molecule has 78 valence electrons. The third-order valence-electron chi connectivity index (χ3n) is 1.90. The van der Waals surface area contributed by atoms with Gasteiger partial charge >= 0.3 is 0 Å². The van der Waals surface area contributed by atoms with Gasteiger partial charge in [-0.1, -0.05) is 32.9 Å². The highest BCUT2D eigenvalue weighted by Crippen LogP contribution is 2.13. The summed E-state index contributed by atoms with van der Waals surface area (Å²) < 4.78 is 0. The molecule has 0 saturated carbocycles. The van der Waals surface area contributed by atoms with Crippen molar-refractivity contribution in [1.82, 2.24) is 5.32 Å². The van der Waals surface area contributed by atoms with Crippen molar-refractivity contribution in [3.8, 4) is 5.75 Å². The van der Waals surface area contributed by atoms with Crippen LogP contribution in [0.5, 0.6) is 5.75 Å². The molecule has 0 amide bonds. The Morgan fingerprint density at radius 1 is 1.29 bits per heavy atom. The maximum atomic E-state index is 9.24. The van der Waals surface area contributed by atoms with Gasteiger partial charge in [0.1, 0.15) is 5.75 Å². The van der Waals surface area contributed by atoms with Crippen molar-refractivity contribution in [2.45, 2.75) is 27.3 Å². The van der Waals surface area contributed by atoms with E-state index < -0.39 is 0 Å². The van der Waals surface area contributed by atoms with Crippen molar-refractivity contribution < 1.29 is 5.11 Å². The molecule has 2 heteroatoms. The first-order chi connectivity index (χ1) is 6.47. The van der Waals surface area contributed by atoms with Crippen molar-refractivity contribution in [2.24, 2.45) is 5.41 Å². The van der Waals surface area contributed by atoms with E-state index in [1.807, 2.05) is 12.1 Å². The van der Waals surface area contributed by atoms with E-state index in [1.165, 1.54) is 0 Å². The van der Waals surface area contributed by atoms with Gasteiger partial charge in [-0.15, -0.1) is 0 Å². The SMILES string of the molecule is CC(C)(C)CNCc1cccc(O)c1. The van der Waals surface area contributed by atoms with Crippen LogP contribution in [-0.4, -0.2) is 11.7 Å². The van der Waals surface area contributed by atoms with Crippen molar-refractivity contribution in [3.63, 3.8) is 0 Å². The maximum Gasteiger partial charge on any atom is 0.115 e. The Morgan fingerprint density at radius 2 is 2.00 bits per heavy atom. The first-order valence-corrected chi connectivity index (χ1v) is 4.96. The fourth-order valence-electron chi connectivity index (χ4n) is 1.25. The molecule has 0 atom stereocenters. The summed E-state index contributed by atoms with van der Waals surface area (Å²) in [6, 6.07) is 7.35. The van der Waals surface area contributed by atoms with E-state index in [1.54, 1.807) is 12.1 Å². The number of nitrogens with one attached hydrogen (secondary N) is 1. The molecule has 1 aromatic rings. The van der Waals surface area contributed by atoms with E-state index in [4.69, 9.17) is 0 Å².